The molecule has 160 valence electrons. The molecule has 0 spiro atoms. The molecule has 1 fully saturated rings. The number of ether oxygens (including phenoxy) is 1. The van der Waals surface area contributed by atoms with Crippen molar-refractivity contribution >= 4 is 41.7 Å². The maximum Gasteiger partial charge on any atom is 0.248 e. The van der Waals surface area contributed by atoms with Gasteiger partial charge in [-0.1, -0.05) is 11.6 Å². The smallest absolute Gasteiger partial charge is 0.248 e. The Hall–Kier alpha value is -2.19. The van der Waals surface area contributed by atoms with Crippen molar-refractivity contribution in [3.05, 3.63) is 70.0 Å². The van der Waals surface area contributed by atoms with Gasteiger partial charge in [-0.3, -0.25) is 9.69 Å². The number of β-amino-alcohol motifs (C(OH)–C–C–N with tert-alkyl or cyclic N) is 1. The quantitative estimate of drug-likeness (QED) is 0.608. The molecule has 0 aliphatic carbocycles. The number of nitrogens with one attached hydrogen (secondary N) is 1. The Morgan fingerprint density at radius 1 is 1.03 bits per heavy atom. The lowest BCUT2D eigenvalue weighted by molar-refractivity contribution is 0.0663. The van der Waals surface area contributed by atoms with Crippen molar-refractivity contribution in [2.45, 2.75) is 6.10 Å². The number of aliphatic hydroxyl groups excluding tert-OH is 1. The highest BCUT2D eigenvalue weighted by Gasteiger charge is 2.19. The second-order valence-electron chi connectivity index (χ2n) is 7.30. The van der Waals surface area contributed by atoms with Crippen LogP contribution in [0.4, 0.5) is 5.69 Å². The van der Waals surface area contributed by atoms with E-state index >= 15 is 0 Å². The molecule has 1 saturated heterocycles. The van der Waals surface area contributed by atoms with Crippen molar-refractivity contribution in [2.24, 2.45) is 0 Å². The van der Waals surface area contributed by atoms with Crippen LogP contribution < -0.4 is 15.2 Å². The fourth-order valence-corrected chi connectivity index (χ4v) is 3.73. The second kappa shape index (κ2) is 10.2. The lowest BCUT2D eigenvalue weighted by Crippen LogP contribution is -2.49. The summed E-state index contributed by atoms with van der Waals surface area (Å²) in [4.78, 5) is 18.7. The third kappa shape index (κ3) is 5.70. The first-order chi connectivity index (χ1) is 14.1. The number of piperazine rings is 1. The van der Waals surface area contributed by atoms with E-state index in [-0.39, 0.29) is 25.7 Å². The summed E-state index contributed by atoms with van der Waals surface area (Å²) in [5.74, 6) is 0.677. The minimum absolute atomic E-state index is 0. The van der Waals surface area contributed by atoms with Crippen LogP contribution in [0.2, 0.25) is 5.02 Å². The normalized spacial score (nSPS) is 15.6. The number of halogens is 1. The fraction of sp³-hybridized carbons (Fsp3) is 0.318. The Bertz CT molecular complexity index is 1020. The first-order valence-electron chi connectivity index (χ1n) is 9.74. The maximum absolute atomic E-state index is 11.4. The van der Waals surface area contributed by atoms with Gasteiger partial charge in [0.05, 0.1) is 0 Å². The summed E-state index contributed by atoms with van der Waals surface area (Å²) in [6.45, 7) is 4.42. The van der Waals surface area contributed by atoms with E-state index in [1.165, 1.54) is 11.8 Å². The molecule has 30 heavy (non-hydrogen) atoms. The maximum atomic E-state index is 11.4. The van der Waals surface area contributed by atoms with Crippen molar-refractivity contribution in [1.82, 2.24) is 9.88 Å². The van der Waals surface area contributed by atoms with Crippen LogP contribution in [0.5, 0.6) is 5.75 Å². The summed E-state index contributed by atoms with van der Waals surface area (Å²) in [5.41, 5.74) is 1.82. The molecule has 1 aromatic heterocycles. The monoisotopic (exact) mass is 447 g/mol. The van der Waals surface area contributed by atoms with Crippen LogP contribution in [0.15, 0.2) is 59.4 Å². The number of pyridine rings is 1. The number of aromatic nitrogens is 1. The highest BCUT2D eigenvalue weighted by Crippen LogP contribution is 2.20. The second-order valence-corrected chi connectivity index (χ2v) is 7.74. The predicted octanol–water partition coefficient (Wildman–Crippen LogP) is 2.86. The molecule has 1 aliphatic heterocycles. The molecule has 2 N–H and O–H groups in total. The highest BCUT2D eigenvalue weighted by molar-refractivity contribution is 7.59. The number of aromatic amines is 1. The Labute approximate surface area is 187 Å². The van der Waals surface area contributed by atoms with Crippen molar-refractivity contribution in [3.63, 3.8) is 0 Å². The molecule has 4 rings (SSSR count). The molecule has 2 aromatic carbocycles. The third-order valence-corrected chi connectivity index (χ3v) is 5.42. The number of rotatable bonds is 6. The lowest BCUT2D eigenvalue weighted by atomic mass is 10.2. The summed E-state index contributed by atoms with van der Waals surface area (Å²) >= 11 is 5.96. The summed E-state index contributed by atoms with van der Waals surface area (Å²) in [6, 6.07) is 16.6. The van der Waals surface area contributed by atoms with Gasteiger partial charge in [-0.15, -0.1) is 0 Å². The molecule has 3 aromatic rings. The average Bonchev–Trinajstić information content (AvgIpc) is 2.73. The van der Waals surface area contributed by atoms with Crippen LogP contribution in [-0.2, 0) is 0 Å². The van der Waals surface area contributed by atoms with Crippen molar-refractivity contribution in [2.75, 3.05) is 44.2 Å². The van der Waals surface area contributed by atoms with Gasteiger partial charge in [0.25, 0.3) is 0 Å². The SMILES string of the molecule is O=c1ccc2cc(OC[C@@H](O)CN3CCN(c4ccc(Cl)cc4)CC3)ccc2[nH]1.S. The molecule has 0 bridgehead atoms. The van der Waals surface area contributed by atoms with Crippen LogP contribution in [0.1, 0.15) is 0 Å². The summed E-state index contributed by atoms with van der Waals surface area (Å²) in [6.07, 6.45) is -0.566. The molecular formula is C22H26ClN3O3S. The topological polar surface area (TPSA) is 68.8 Å². The molecule has 0 unspecified atom stereocenters. The van der Waals surface area contributed by atoms with Gasteiger partial charge >= 0.3 is 0 Å². The van der Waals surface area contributed by atoms with Crippen LogP contribution in [-0.4, -0.2) is 60.4 Å². The number of anilines is 1. The minimum Gasteiger partial charge on any atom is -0.491 e. The van der Waals surface area contributed by atoms with Crippen LogP contribution in [0, 0.1) is 0 Å². The van der Waals surface area contributed by atoms with E-state index in [2.05, 4.69) is 14.8 Å². The number of nitrogens with zero attached hydrogens (tertiary/aromatic N) is 2. The molecule has 6 nitrogen and oxygen atoms in total. The van der Waals surface area contributed by atoms with Gasteiger partial charge in [-0.2, -0.15) is 13.5 Å². The number of hydrogen-bond acceptors (Lipinski definition) is 5. The van der Waals surface area contributed by atoms with Gasteiger partial charge in [0, 0.05) is 60.4 Å². The van der Waals surface area contributed by atoms with Crippen molar-refractivity contribution < 1.29 is 9.84 Å². The number of fused-ring (bicyclic) bond motifs is 1. The zero-order chi connectivity index (χ0) is 20.2. The zero-order valence-corrected chi connectivity index (χ0v) is 18.3. The Morgan fingerprint density at radius 3 is 2.50 bits per heavy atom. The first-order valence-corrected chi connectivity index (χ1v) is 10.1. The standard InChI is InChI=1S/C22H24ClN3O3.H2S/c23-17-2-4-18(5-3-17)26-11-9-25(10-12-26)14-19(27)15-29-20-6-7-21-16(13-20)1-8-22(28)24-21;/h1-8,13,19,27H,9-12,14-15H2,(H,24,28);1H2/t19-;/m0./s1. The van der Waals surface area contributed by atoms with Crippen molar-refractivity contribution in [1.29, 1.82) is 0 Å². The fourth-order valence-electron chi connectivity index (χ4n) is 3.61. The third-order valence-electron chi connectivity index (χ3n) is 5.17. The largest absolute Gasteiger partial charge is 0.491 e. The molecule has 1 aliphatic rings. The van der Waals surface area contributed by atoms with E-state index in [0.29, 0.717) is 12.3 Å². The van der Waals surface area contributed by atoms with Crippen molar-refractivity contribution in [3.8, 4) is 5.75 Å². The van der Waals surface area contributed by atoms with Crippen LogP contribution in [0.3, 0.4) is 0 Å². The molecule has 0 saturated carbocycles. The van der Waals surface area contributed by atoms with E-state index in [1.807, 2.05) is 36.4 Å². The number of H-pyrrole nitrogens is 1. The van der Waals surface area contributed by atoms with Crippen LogP contribution >= 0.6 is 25.1 Å². The van der Waals surface area contributed by atoms with E-state index < -0.39 is 6.10 Å². The number of benzene rings is 2. The molecular weight excluding hydrogens is 422 g/mol. The molecule has 8 heteroatoms. The Balaban J connectivity index is 0.00000256. The van der Waals surface area contributed by atoms with Crippen LogP contribution in [0.25, 0.3) is 10.9 Å². The predicted molar refractivity (Wildman–Crippen MR) is 127 cm³/mol. The number of hydrogen-bond donors (Lipinski definition) is 2. The Morgan fingerprint density at radius 2 is 1.77 bits per heavy atom. The average molecular weight is 448 g/mol. The van der Waals surface area contributed by atoms with E-state index in [4.69, 9.17) is 16.3 Å². The minimum atomic E-state index is -0.566. The molecule has 0 radical (unpaired) electrons. The van der Waals surface area contributed by atoms with Gasteiger partial charge in [0.2, 0.25) is 5.56 Å². The summed E-state index contributed by atoms with van der Waals surface area (Å²) < 4.78 is 5.76. The van der Waals surface area contributed by atoms with Gasteiger partial charge in [0.15, 0.2) is 0 Å². The molecule has 2 heterocycles. The first kappa shape index (κ1) is 22.5. The van der Waals surface area contributed by atoms with E-state index in [9.17, 15) is 9.90 Å². The lowest BCUT2D eigenvalue weighted by Gasteiger charge is -2.36. The van der Waals surface area contributed by atoms with E-state index in [0.717, 1.165) is 42.1 Å². The zero-order valence-electron chi connectivity index (χ0n) is 16.6. The van der Waals surface area contributed by atoms with E-state index in [1.54, 1.807) is 12.1 Å². The number of aliphatic hydroxyl groups is 1. The summed E-state index contributed by atoms with van der Waals surface area (Å²) in [7, 11) is 0. The highest BCUT2D eigenvalue weighted by atomic mass is 35.5. The van der Waals surface area contributed by atoms with Gasteiger partial charge in [-0.25, -0.2) is 0 Å². The molecule has 1 atom stereocenters. The Kier molecular flexibility index (Phi) is 7.66. The van der Waals surface area contributed by atoms with Gasteiger partial charge in [0.1, 0.15) is 18.5 Å². The molecule has 0 amide bonds. The van der Waals surface area contributed by atoms with Gasteiger partial charge in [-0.05, 0) is 48.5 Å². The van der Waals surface area contributed by atoms with Gasteiger partial charge < -0.3 is 19.7 Å². The summed E-state index contributed by atoms with van der Waals surface area (Å²) in [5, 5.41) is 12.0.